The fourth-order valence-electron chi connectivity index (χ4n) is 0.444. The lowest BCUT2D eigenvalue weighted by Gasteiger charge is -2.05. The first kappa shape index (κ1) is 5.87. The van der Waals surface area contributed by atoms with Crippen LogP contribution in [0.3, 0.4) is 0 Å². The average Bonchev–Trinajstić information content (AvgIpc) is 2.14. The summed E-state index contributed by atoms with van der Waals surface area (Å²) in [4.78, 5) is 4.00. The van der Waals surface area contributed by atoms with Crippen LogP contribution in [-0.4, -0.2) is 23.2 Å². The van der Waals surface area contributed by atoms with E-state index in [0.29, 0.717) is 6.67 Å². The third-order valence-corrected chi connectivity index (χ3v) is 1.41. The monoisotopic (exact) mass is 132 g/mol. The van der Waals surface area contributed by atoms with Gasteiger partial charge in [-0.05, 0) is 6.26 Å². The second-order valence-corrected chi connectivity index (χ2v) is 2.19. The van der Waals surface area contributed by atoms with Gasteiger partial charge in [-0.3, -0.25) is 5.43 Å². The molecule has 46 valence electrons. The molecule has 1 heterocycles. The molecule has 5 heteroatoms. The van der Waals surface area contributed by atoms with Gasteiger partial charge >= 0.3 is 0 Å². The van der Waals surface area contributed by atoms with Crippen molar-refractivity contribution in [2.75, 3.05) is 12.9 Å². The van der Waals surface area contributed by atoms with Gasteiger partial charge in [0.15, 0.2) is 5.17 Å². The molecule has 0 spiro atoms. The third kappa shape index (κ3) is 1.12. The molecule has 0 unspecified atom stereocenters. The fraction of sp³-hybridized carbons (Fsp3) is 0.667. The van der Waals surface area contributed by atoms with E-state index in [4.69, 9.17) is 5.84 Å². The number of amidine groups is 1. The predicted octanol–water partition coefficient (Wildman–Crippen LogP) is -0.643. The molecule has 0 bridgehead atoms. The van der Waals surface area contributed by atoms with Crippen molar-refractivity contribution in [2.45, 2.75) is 0 Å². The summed E-state index contributed by atoms with van der Waals surface area (Å²) in [6.07, 6.45) is 1.95. The molecule has 0 amide bonds. The smallest absolute Gasteiger partial charge is 0.173 e. The van der Waals surface area contributed by atoms with Crippen molar-refractivity contribution >= 4 is 16.9 Å². The summed E-state index contributed by atoms with van der Waals surface area (Å²) in [5.41, 5.74) is 2.83. The number of hydrogen-bond donors (Lipinski definition) is 2. The van der Waals surface area contributed by atoms with E-state index in [0.717, 1.165) is 5.17 Å². The number of hydrazine groups is 2. The minimum absolute atomic E-state index is 0.552. The number of aliphatic imine (C=N–C) groups is 1. The van der Waals surface area contributed by atoms with Crippen LogP contribution < -0.4 is 11.3 Å². The van der Waals surface area contributed by atoms with Crippen molar-refractivity contribution in [3.8, 4) is 0 Å². The van der Waals surface area contributed by atoms with Gasteiger partial charge in [0.25, 0.3) is 0 Å². The van der Waals surface area contributed by atoms with Gasteiger partial charge in [0.1, 0.15) is 6.67 Å². The van der Waals surface area contributed by atoms with Gasteiger partial charge in [-0.15, -0.1) is 5.12 Å². The predicted molar refractivity (Wildman–Crippen MR) is 35.0 cm³/mol. The minimum atomic E-state index is 0.552. The van der Waals surface area contributed by atoms with Crippen LogP contribution in [0.25, 0.3) is 0 Å². The number of nitrogens with two attached hydrogens (primary N) is 1. The van der Waals surface area contributed by atoms with Gasteiger partial charge in [0, 0.05) is 0 Å². The zero-order valence-corrected chi connectivity index (χ0v) is 5.40. The van der Waals surface area contributed by atoms with Crippen molar-refractivity contribution in [3.05, 3.63) is 0 Å². The van der Waals surface area contributed by atoms with Crippen LogP contribution in [0.15, 0.2) is 4.99 Å². The molecule has 1 rings (SSSR count). The zero-order valence-electron chi connectivity index (χ0n) is 4.59. The number of nitrogens with one attached hydrogen (secondary N) is 1. The molecular formula is C3H8N4S. The van der Waals surface area contributed by atoms with Gasteiger partial charge in [-0.2, -0.15) is 0 Å². The summed E-state index contributed by atoms with van der Waals surface area (Å²) < 4.78 is 0. The molecule has 0 atom stereocenters. The van der Waals surface area contributed by atoms with E-state index in [1.165, 1.54) is 5.12 Å². The number of rotatable bonds is 0. The Morgan fingerprint density at radius 2 is 2.75 bits per heavy atom. The first-order valence-electron chi connectivity index (χ1n) is 2.20. The largest absolute Gasteiger partial charge is 0.283 e. The first-order chi connectivity index (χ1) is 3.83. The summed E-state index contributed by atoms with van der Waals surface area (Å²) >= 11 is 1.55. The number of hydrogen-bond acceptors (Lipinski definition) is 5. The maximum atomic E-state index is 5.30. The first-order valence-corrected chi connectivity index (χ1v) is 3.42. The van der Waals surface area contributed by atoms with E-state index in [9.17, 15) is 0 Å². The number of nitrogens with zero attached hydrogens (tertiary/aromatic N) is 2. The fourth-order valence-corrected chi connectivity index (χ4v) is 0.840. The van der Waals surface area contributed by atoms with Gasteiger partial charge in [0.05, 0.1) is 0 Å². The van der Waals surface area contributed by atoms with Crippen LogP contribution in [0.2, 0.25) is 0 Å². The second-order valence-electron chi connectivity index (χ2n) is 1.39. The quantitative estimate of drug-likeness (QED) is 0.430. The summed E-state index contributed by atoms with van der Waals surface area (Å²) in [6, 6.07) is 0. The molecule has 4 nitrogen and oxygen atoms in total. The maximum absolute atomic E-state index is 5.30. The standard InChI is InChI=1S/C3H8N4S/c1-8-3-5-2-7(4)6-3/h2,4H2,1H3,(H,5,6). The van der Waals surface area contributed by atoms with Gasteiger partial charge < -0.3 is 0 Å². The summed E-state index contributed by atoms with van der Waals surface area (Å²) in [5.74, 6) is 5.30. The molecule has 0 aliphatic carbocycles. The summed E-state index contributed by atoms with van der Waals surface area (Å²) in [7, 11) is 0. The van der Waals surface area contributed by atoms with Crippen LogP contribution in [0.1, 0.15) is 0 Å². The van der Waals surface area contributed by atoms with Crippen molar-refractivity contribution in [1.82, 2.24) is 10.5 Å². The maximum Gasteiger partial charge on any atom is 0.173 e. The van der Waals surface area contributed by atoms with Crippen LogP contribution in [0, 0.1) is 0 Å². The third-order valence-electron chi connectivity index (χ3n) is 0.799. The average molecular weight is 132 g/mol. The molecule has 0 fully saturated rings. The zero-order chi connectivity index (χ0) is 5.98. The van der Waals surface area contributed by atoms with E-state index in [2.05, 4.69) is 10.4 Å². The van der Waals surface area contributed by atoms with E-state index >= 15 is 0 Å². The highest BCUT2D eigenvalue weighted by Gasteiger charge is 2.07. The van der Waals surface area contributed by atoms with Crippen LogP contribution in [0.4, 0.5) is 0 Å². The molecule has 0 radical (unpaired) electrons. The normalized spacial score (nSPS) is 20.5. The Kier molecular flexibility index (Phi) is 1.72. The SMILES string of the molecule is CSC1=NCN(N)N1. The highest BCUT2D eigenvalue weighted by atomic mass is 32.2. The van der Waals surface area contributed by atoms with Crippen molar-refractivity contribution in [3.63, 3.8) is 0 Å². The topological polar surface area (TPSA) is 53.6 Å². The Labute approximate surface area is 52.1 Å². The minimum Gasteiger partial charge on any atom is -0.283 e. The highest BCUT2D eigenvalue weighted by Crippen LogP contribution is 1.99. The summed E-state index contributed by atoms with van der Waals surface area (Å²) in [6.45, 7) is 0.552. The van der Waals surface area contributed by atoms with Crippen LogP contribution in [-0.2, 0) is 0 Å². The molecule has 8 heavy (non-hydrogen) atoms. The Morgan fingerprint density at radius 3 is 3.00 bits per heavy atom. The van der Waals surface area contributed by atoms with E-state index in [1.54, 1.807) is 11.8 Å². The highest BCUT2D eigenvalue weighted by molar-refractivity contribution is 8.13. The molecule has 0 saturated carbocycles. The molecule has 0 saturated heterocycles. The summed E-state index contributed by atoms with van der Waals surface area (Å²) in [5, 5.41) is 2.32. The van der Waals surface area contributed by atoms with E-state index in [-0.39, 0.29) is 0 Å². The Morgan fingerprint density at radius 1 is 2.00 bits per heavy atom. The van der Waals surface area contributed by atoms with Gasteiger partial charge in [-0.25, -0.2) is 10.8 Å². The molecule has 1 aliphatic rings. The molecule has 1 aliphatic heterocycles. The molecular weight excluding hydrogens is 124 g/mol. The number of thioether (sulfide) groups is 1. The lowest BCUT2D eigenvalue weighted by molar-refractivity contribution is 0.277. The lowest BCUT2D eigenvalue weighted by atomic mass is 11.2. The van der Waals surface area contributed by atoms with Crippen LogP contribution in [0.5, 0.6) is 0 Å². The van der Waals surface area contributed by atoms with Crippen molar-refractivity contribution < 1.29 is 0 Å². The Balaban J connectivity index is 2.37. The van der Waals surface area contributed by atoms with Gasteiger partial charge in [-0.1, -0.05) is 11.8 Å². The van der Waals surface area contributed by atoms with E-state index < -0.39 is 0 Å². The van der Waals surface area contributed by atoms with Crippen molar-refractivity contribution in [2.24, 2.45) is 10.8 Å². The van der Waals surface area contributed by atoms with E-state index in [1.807, 2.05) is 6.26 Å². The Bertz CT molecular complexity index is 112. The molecule has 0 aromatic heterocycles. The van der Waals surface area contributed by atoms with Crippen LogP contribution >= 0.6 is 11.8 Å². The molecule has 0 aromatic rings. The molecule has 0 aromatic carbocycles. The van der Waals surface area contributed by atoms with Gasteiger partial charge in [0.2, 0.25) is 0 Å². The van der Waals surface area contributed by atoms with Crippen molar-refractivity contribution in [1.29, 1.82) is 0 Å². The Hall–Kier alpha value is -0.260. The molecule has 3 N–H and O–H groups in total. The lowest BCUT2D eigenvalue weighted by Crippen LogP contribution is -2.40. The second kappa shape index (κ2) is 2.34.